The molecule has 0 aromatic rings. The fraction of sp³-hybridized carbons (Fsp3) is 0.750. The number of rotatable bonds is 5. The van der Waals surface area contributed by atoms with Gasteiger partial charge in [-0.2, -0.15) is 0 Å². The Morgan fingerprint density at radius 3 is 1.67 bits per heavy atom. The van der Waals surface area contributed by atoms with Crippen LogP contribution in [0.15, 0.2) is 0 Å². The molecule has 5 unspecified atom stereocenters. The number of aliphatic hydroxyl groups is 5. The van der Waals surface area contributed by atoms with Crippen molar-refractivity contribution in [1.82, 2.24) is 0 Å². The molecule has 0 spiro atoms. The molecule has 87 valence electrons. The van der Waals surface area contributed by atoms with Gasteiger partial charge in [0.2, 0.25) is 0 Å². The predicted molar refractivity (Wildman–Crippen MR) is 46.1 cm³/mol. The van der Waals surface area contributed by atoms with Crippen molar-refractivity contribution in [2.24, 2.45) is 0 Å². The second kappa shape index (κ2) is 7.67. The third-order valence-corrected chi connectivity index (χ3v) is 1.85. The summed E-state index contributed by atoms with van der Waals surface area (Å²) < 4.78 is 0. The van der Waals surface area contributed by atoms with Crippen LogP contribution in [0.3, 0.4) is 0 Å². The average Bonchev–Trinajstić information content (AvgIpc) is 2.12. The van der Waals surface area contributed by atoms with Gasteiger partial charge in [-0.1, -0.05) is 0 Å². The van der Waals surface area contributed by atoms with E-state index in [0.29, 0.717) is 0 Å². The van der Waals surface area contributed by atoms with Crippen LogP contribution in [0.2, 0.25) is 0 Å². The second-order valence-electron chi connectivity index (χ2n) is 3.12. The van der Waals surface area contributed by atoms with E-state index in [0.717, 1.165) is 0 Å². The van der Waals surface area contributed by atoms with Gasteiger partial charge in [0.15, 0.2) is 0 Å². The summed E-state index contributed by atoms with van der Waals surface area (Å²) in [6.45, 7) is 4.04. The fourth-order valence-corrected chi connectivity index (χ4v) is 0.865. The van der Waals surface area contributed by atoms with Crippen LogP contribution >= 0.6 is 0 Å². The standard InChI is InChI=1S/C8H15O6.Y/c1-3(9)5(11)7(13)8(14)6(12)4(2)10;/h4-8,10-14H,1H2,2H3;/q-1;. The van der Waals surface area contributed by atoms with Crippen molar-refractivity contribution in [1.29, 1.82) is 0 Å². The fourth-order valence-electron chi connectivity index (χ4n) is 0.865. The zero-order valence-corrected chi connectivity index (χ0v) is 11.2. The molecular weight excluding hydrogens is 281 g/mol. The molecule has 5 atom stereocenters. The average molecular weight is 296 g/mol. The summed E-state index contributed by atoms with van der Waals surface area (Å²) in [5.41, 5.74) is 0. The molecule has 0 aliphatic rings. The van der Waals surface area contributed by atoms with Crippen molar-refractivity contribution in [3.63, 3.8) is 0 Å². The summed E-state index contributed by atoms with van der Waals surface area (Å²) in [5, 5.41) is 45.3. The minimum atomic E-state index is -1.88. The molecule has 0 bridgehead atoms. The third-order valence-electron chi connectivity index (χ3n) is 1.85. The van der Waals surface area contributed by atoms with E-state index in [1.807, 2.05) is 0 Å². The Labute approximate surface area is 113 Å². The molecule has 0 aliphatic carbocycles. The first-order valence-corrected chi connectivity index (χ1v) is 4.05. The Morgan fingerprint density at radius 1 is 1.00 bits per heavy atom. The molecule has 0 aliphatic heterocycles. The van der Waals surface area contributed by atoms with Crippen LogP contribution in [0.25, 0.3) is 0 Å². The molecule has 0 amide bonds. The van der Waals surface area contributed by atoms with Gasteiger partial charge in [0, 0.05) is 38.5 Å². The summed E-state index contributed by atoms with van der Waals surface area (Å²) in [6, 6.07) is 0. The first-order valence-electron chi connectivity index (χ1n) is 4.05. The minimum Gasteiger partial charge on any atom is -0.391 e. The SMILES string of the molecule is [CH2-]C(=O)C(O)C(O)C(O)C(O)C(C)O.[Y]. The number of carbonyl (C=O) groups excluding carboxylic acids is 1. The molecule has 0 heterocycles. The summed E-state index contributed by atoms with van der Waals surface area (Å²) in [5.74, 6) is -0.977. The van der Waals surface area contributed by atoms with Gasteiger partial charge < -0.3 is 37.3 Å². The number of aliphatic hydroxyl groups excluding tert-OH is 5. The van der Waals surface area contributed by atoms with Gasteiger partial charge in [0.05, 0.1) is 6.10 Å². The first-order chi connectivity index (χ1) is 6.29. The molecule has 0 aromatic heterocycles. The number of hydrogen-bond acceptors (Lipinski definition) is 6. The van der Waals surface area contributed by atoms with Gasteiger partial charge in [-0.05, 0) is 6.92 Å². The van der Waals surface area contributed by atoms with Crippen LogP contribution in [0, 0.1) is 6.92 Å². The quantitative estimate of drug-likeness (QED) is 0.350. The van der Waals surface area contributed by atoms with E-state index in [1.54, 1.807) is 0 Å². The summed E-state index contributed by atoms with van der Waals surface area (Å²) in [6.07, 6.45) is -8.48. The Balaban J connectivity index is 0. The largest absolute Gasteiger partial charge is 0.391 e. The van der Waals surface area contributed by atoms with Crippen LogP contribution in [0.5, 0.6) is 0 Å². The molecule has 15 heavy (non-hydrogen) atoms. The van der Waals surface area contributed by atoms with Gasteiger partial charge >= 0.3 is 0 Å². The van der Waals surface area contributed by atoms with E-state index in [9.17, 15) is 9.90 Å². The summed E-state index contributed by atoms with van der Waals surface area (Å²) in [4.78, 5) is 10.5. The maximum Gasteiger partial charge on any atom is 0.113 e. The Bertz CT molecular complexity index is 198. The van der Waals surface area contributed by atoms with Crippen LogP contribution in [0.4, 0.5) is 0 Å². The van der Waals surface area contributed by atoms with E-state index >= 15 is 0 Å². The molecule has 7 heteroatoms. The van der Waals surface area contributed by atoms with Crippen molar-refractivity contribution in [3.05, 3.63) is 6.92 Å². The van der Waals surface area contributed by atoms with Crippen molar-refractivity contribution in [2.75, 3.05) is 0 Å². The Kier molecular flexibility index (Phi) is 9.12. The van der Waals surface area contributed by atoms with Crippen LogP contribution in [-0.4, -0.2) is 61.8 Å². The molecule has 1 radical (unpaired) electrons. The van der Waals surface area contributed by atoms with E-state index in [1.165, 1.54) is 6.92 Å². The molecule has 0 aromatic carbocycles. The van der Waals surface area contributed by atoms with E-state index in [4.69, 9.17) is 20.4 Å². The maximum absolute atomic E-state index is 10.5. The second-order valence-corrected chi connectivity index (χ2v) is 3.12. The normalized spacial score (nSPS) is 20.7. The van der Waals surface area contributed by atoms with E-state index in [2.05, 4.69) is 6.92 Å². The predicted octanol–water partition coefficient (Wildman–Crippen LogP) is -2.79. The van der Waals surface area contributed by atoms with E-state index < -0.39 is 36.3 Å². The first kappa shape index (κ1) is 17.8. The number of carbonyl (C=O) groups is 1. The van der Waals surface area contributed by atoms with E-state index in [-0.39, 0.29) is 32.7 Å². The Morgan fingerprint density at radius 2 is 1.40 bits per heavy atom. The topological polar surface area (TPSA) is 118 Å². The molecule has 5 N–H and O–H groups in total. The summed E-state index contributed by atoms with van der Waals surface area (Å²) in [7, 11) is 0. The molecule has 0 saturated heterocycles. The molecule has 6 nitrogen and oxygen atoms in total. The third kappa shape index (κ3) is 5.35. The van der Waals surface area contributed by atoms with Crippen LogP contribution < -0.4 is 0 Å². The van der Waals surface area contributed by atoms with Gasteiger partial charge in [0.25, 0.3) is 0 Å². The molecule has 0 rings (SSSR count). The maximum atomic E-state index is 10.5. The minimum absolute atomic E-state index is 0. The van der Waals surface area contributed by atoms with Gasteiger partial charge in [-0.15, -0.1) is 0 Å². The van der Waals surface area contributed by atoms with Crippen molar-refractivity contribution in [3.8, 4) is 0 Å². The molecule has 0 fully saturated rings. The van der Waals surface area contributed by atoms with Crippen molar-refractivity contribution >= 4 is 5.78 Å². The zero-order chi connectivity index (χ0) is 11.5. The summed E-state index contributed by atoms with van der Waals surface area (Å²) >= 11 is 0. The Hall–Kier alpha value is 0.444. The van der Waals surface area contributed by atoms with Crippen LogP contribution in [0.1, 0.15) is 6.92 Å². The van der Waals surface area contributed by atoms with Crippen LogP contribution in [-0.2, 0) is 37.5 Å². The van der Waals surface area contributed by atoms with Crippen molar-refractivity contribution < 1.29 is 63.0 Å². The number of hydrogen-bond donors (Lipinski definition) is 5. The monoisotopic (exact) mass is 296 g/mol. The van der Waals surface area contributed by atoms with Crippen molar-refractivity contribution in [2.45, 2.75) is 37.4 Å². The van der Waals surface area contributed by atoms with Gasteiger partial charge in [-0.25, -0.2) is 0 Å². The molecular formula is C8H15O6Y-. The number of ketones is 1. The zero-order valence-electron chi connectivity index (χ0n) is 8.32. The van der Waals surface area contributed by atoms with Gasteiger partial charge in [0.1, 0.15) is 24.4 Å². The molecule has 0 saturated carbocycles. The smallest absolute Gasteiger partial charge is 0.113 e. The van der Waals surface area contributed by atoms with Gasteiger partial charge in [-0.3, -0.25) is 0 Å². The number of Topliss-reactive ketones (excluding diaryl/α,β-unsaturated/α-hetero) is 1.